The normalized spacial score (nSPS) is 13.8. The van der Waals surface area contributed by atoms with Gasteiger partial charge in [-0.25, -0.2) is 0 Å². The molecule has 5 nitrogen and oxygen atoms in total. The zero-order valence-electron chi connectivity index (χ0n) is 10.2. The number of carbonyl (C=O) groups excluding carboxylic acids is 1. The van der Waals surface area contributed by atoms with Crippen LogP contribution >= 0.6 is 0 Å². The number of benzene rings is 1. The molecule has 3 rings (SSSR count). The number of hydrogen-bond donors (Lipinski definition) is 2. The summed E-state index contributed by atoms with van der Waals surface area (Å²) in [6.07, 6.45) is 2.90. The topological polar surface area (TPSA) is 81.6 Å². The molecule has 0 spiro atoms. The molecule has 1 aliphatic rings. The summed E-state index contributed by atoms with van der Waals surface area (Å²) in [6, 6.07) is 10.1. The van der Waals surface area contributed by atoms with E-state index in [1.807, 2.05) is 18.2 Å². The molecule has 2 aromatic rings. The van der Waals surface area contributed by atoms with E-state index in [0.717, 1.165) is 12.8 Å². The molecule has 0 aliphatic heterocycles. The van der Waals surface area contributed by atoms with Crippen LogP contribution < -0.4 is 5.32 Å². The second-order valence-electron chi connectivity index (χ2n) is 4.63. The molecule has 0 fully saturated rings. The number of hydrogen-bond acceptors (Lipinski definition) is 3. The lowest BCUT2D eigenvalue weighted by molar-refractivity contribution is -0.119. The molecule has 0 bridgehead atoms. The van der Waals surface area contributed by atoms with Gasteiger partial charge >= 0.3 is 0 Å². The number of fused-ring (bicyclic) bond motifs is 1. The lowest BCUT2D eigenvalue weighted by Gasteiger charge is -2.08. The van der Waals surface area contributed by atoms with Crippen LogP contribution in [-0.2, 0) is 17.6 Å². The second kappa shape index (κ2) is 4.58. The number of aromatic nitrogens is 2. The maximum absolute atomic E-state index is 12.2. The van der Waals surface area contributed by atoms with E-state index >= 15 is 0 Å². The van der Waals surface area contributed by atoms with Crippen molar-refractivity contribution in [2.75, 3.05) is 5.32 Å². The quantitative estimate of drug-likeness (QED) is 0.852. The summed E-state index contributed by atoms with van der Waals surface area (Å²) in [7, 11) is 0. The van der Waals surface area contributed by atoms with Crippen LogP contribution in [0, 0.1) is 17.2 Å². The van der Waals surface area contributed by atoms with E-state index in [4.69, 9.17) is 5.26 Å². The zero-order chi connectivity index (χ0) is 13.2. The number of H-pyrrole nitrogens is 1. The first kappa shape index (κ1) is 11.5. The molecule has 0 saturated heterocycles. The molecule has 1 aromatic heterocycles. The lowest BCUT2D eigenvalue weighted by atomic mass is 10.1. The van der Waals surface area contributed by atoms with E-state index in [9.17, 15) is 4.79 Å². The van der Waals surface area contributed by atoms with Crippen molar-refractivity contribution >= 4 is 11.7 Å². The van der Waals surface area contributed by atoms with Gasteiger partial charge in [-0.1, -0.05) is 24.3 Å². The molecule has 1 heterocycles. The predicted octanol–water partition coefficient (Wildman–Crippen LogP) is 1.63. The monoisotopic (exact) mass is 252 g/mol. The van der Waals surface area contributed by atoms with Gasteiger partial charge in [-0.3, -0.25) is 9.89 Å². The molecule has 5 heteroatoms. The number of amides is 1. The number of anilines is 1. The summed E-state index contributed by atoms with van der Waals surface area (Å²) in [5, 5.41) is 18.0. The highest BCUT2D eigenvalue weighted by molar-refractivity contribution is 5.93. The second-order valence-corrected chi connectivity index (χ2v) is 4.63. The van der Waals surface area contributed by atoms with Gasteiger partial charge < -0.3 is 5.32 Å². The van der Waals surface area contributed by atoms with Gasteiger partial charge in [-0.2, -0.15) is 10.4 Å². The van der Waals surface area contributed by atoms with E-state index in [1.54, 1.807) is 0 Å². The number of nitrogens with zero attached hydrogens (tertiary/aromatic N) is 2. The van der Waals surface area contributed by atoms with E-state index < -0.39 is 0 Å². The Hall–Kier alpha value is -2.61. The zero-order valence-corrected chi connectivity index (χ0v) is 10.2. The van der Waals surface area contributed by atoms with Crippen molar-refractivity contribution < 1.29 is 4.79 Å². The van der Waals surface area contributed by atoms with Gasteiger partial charge in [-0.05, 0) is 24.0 Å². The van der Waals surface area contributed by atoms with Gasteiger partial charge in [0.2, 0.25) is 5.91 Å². The van der Waals surface area contributed by atoms with Gasteiger partial charge in [0.05, 0.1) is 6.20 Å². The summed E-state index contributed by atoms with van der Waals surface area (Å²) < 4.78 is 0. The lowest BCUT2D eigenvalue weighted by Crippen LogP contribution is -2.23. The number of aromatic amines is 1. The Morgan fingerprint density at radius 2 is 2.05 bits per heavy atom. The summed E-state index contributed by atoms with van der Waals surface area (Å²) in [5.41, 5.74) is 2.81. The minimum Gasteiger partial charge on any atom is -0.310 e. The SMILES string of the molecule is N#Cc1cn[nH]c1NC(=O)C1Cc2ccccc2C1. The Morgan fingerprint density at radius 1 is 1.37 bits per heavy atom. The van der Waals surface area contributed by atoms with Crippen LogP contribution in [0.5, 0.6) is 0 Å². The molecule has 19 heavy (non-hydrogen) atoms. The molecule has 2 N–H and O–H groups in total. The number of carbonyl (C=O) groups is 1. The third kappa shape index (κ3) is 2.08. The van der Waals surface area contributed by atoms with E-state index in [-0.39, 0.29) is 11.8 Å². The molecular formula is C14H12N4O. The Morgan fingerprint density at radius 3 is 2.68 bits per heavy atom. The van der Waals surface area contributed by atoms with E-state index in [2.05, 4.69) is 27.6 Å². The van der Waals surface area contributed by atoms with Crippen LogP contribution in [0.2, 0.25) is 0 Å². The highest BCUT2D eigenvalue weighted by Gasteiger charge is 2.27. The van der Waals surface area contributed by atoms with Crippen molar-refractivity contribution in [3.8, 4) is 6.07 Å². The van der Waals surface area contributed by atoms with Crippen LogP contribution in [0.25, 0.3) is 0 Å². The van der Waals surface area contributed by atoms with Gasteiger partial charge in [0.1, 0.15) is 17.5 Å². The highest BCUT2D eigenvalue weighted by atomic mass is 16.2. The van der Waals surface area contributed by atoms with Crippen molar-refractivity contribution in [1.82, 2.24) is 10.2 Å². The third-order valence-electron chi connectivity index (χ3n) is 3.43. The minimum absolute atomic E-state index is 0.0723. The fourth-order valence-corrected chi connectivity index (χ4v) is 2.44. The Kier molecular flexibility index (Phi) is 2.76. The number of nitriles is 1. The molecule has 0 unspecified atom stereocenters. The maximum Gasteiger partial charge on any atom is 0.229 e. The van der Waals surface area contributed by atoms with Crippen LogP contribution in [0.4, 0.5) is 5.82 Å². The molecule has 1 aliphatic carbocycles. The number of nitrogens with one attached hydrogen (secondary N) is 2. The average molecular weight is 252 g/mol. The van der Waals surface area contributed by atoms with Crippen molar-refractivity contribution in [1.29, 1.82) is 5.26 Å². The summed E-state index contributed by atoms with van der Waals surface area (Å²) in [5.74, 6) is 0.229. The van der Waals surface area contributed by atoms with Crippen molar-refractivity contribution in [2.24, 2.45) is 5.92 Å². The Labute approximate surface area is 110 Å². The predicted molar refractivity (Wildman–Crippen MR) is 69.3 cm³/mol. The Bertz CT molecular complexity index is 643. The van der Waals surface area contributed by atoms with Gasteiger partial charge in [-0.15, -0.1) is 0 Å². The Balaban J connectivity index is 1.72. The average Bonchev–Trinajstić information content (AvgIpc) is 3.03. The van der Waals surface area contributed by atoms with Crippen molar-refractivity contribution in [2.45, 2.75) is 12.8 Å². The minimum atomic E-state index is -0.0766. The van der Waals surface area contributed by atoms with Crippen LogP contribution in [-0.4, -0.2) is 16.1 Å². The van der Waals surface area contributed by atoms with Gasteiger partial charge in [0.15, 0.2) is 0 Å². The number of rotatable bonds is 2. The smallest absolute Gasteiger partial charge is 0.229 e. The summed E-state index contributed by atoms with van der Waals surface area (Å²) >= 11 is 0. The van der Waals surface area contributed by atoms with Crippen molar-refractivity contribution in [3.63, 3.8) is 0 Å². The van der Waals surface area contributed by atoms with Crippen molar-refractivity contribution in [3.05, 3.63) is 47.2 Å². The third-order valence-corrected chi connectivity index (χ3v) is 3.43. The summed E-state index contributed by atoms with van der Waals surface area (Å²) in [4.78, 5) is 12.2. The molecule has 0 saturated carbocycles. The largest absolute Gasteiger partial charge is 0.310 e. The molecule has 0 radical (unpaired) electrons. The van der Waals surface area contributed by atoms with E-state index in [1.165, 1.54) is 17.3 Å². The fraction of sp³-hybridized carbons (Fsp3) is 0.214. The van der Waals surface area contributed by atoms with Gasteiger partial charge in [0, 0.05) is 5.92 Å². The van der Waals surface area contributed by atoms with Crippen LogP contribution in [0.1, 0.15) is 16.7 Å². The standard InChI is InChI=1S/C14H12N4O/c15-7-12-8-16-18-13(12)17-14(19)11-5-9-3-1-2-4-10(9)6-11/h1-4,8,11H,5-6H2,(H2,16,17,18,19). The molecule has 1 aromatic carbocycles. The van der Waals surface area contributed by atoms with E-state index in [0.29, 0.717) is 11.4 Å². The van der Waals surface area contributed by atoms with Crippen LogP contribution in [0.3, 0.4) is 0 Å². The molecule has 1 amide bonds. The highest BCUT2D eigenvalue weighted by Crippen LogP contribution is 2.27. The summed E-state index contributed by atoms with van der Waals surface area (Å²) in [6.45, 7) is 0. The molecule has 0 atom stereocenters. The first-order valence-electron chi connectivity index (χ1n) is 6.09. The molecular weight excluding hydrogens is 240 g/mol. The van der Waals surface area contributed by atoms with Crippen LogP contribution in [0.15, 0.2) is 30.5 Å². The fourth-order valence-electron chi connectivity index (χ4n) is 2.44. The maximum atomic E-state index is 12.2. The van der Waals surface area contributed by atoms with Gasteiger partial charge in [0.25, 0.3) is 0 Å². The molecule has 94 valence electrons. The first-order chi connectivity index (χ1) is 9.28. The first-order valence-corrected chi connectivity index (χ1v) is 6.09.